The van der Waals surface area contributed by atoms with Gasteiger partial charge in [0.1, 0.15) is 11.6 Å². The molecule has 6 heteroatoms. The SMILES string of the molecule is Cc1nccn1CCC1CCCCN1CC1CNNC1c1ccc(F)cc1. The van der Waals surface area contributed by atoms with Gasteiger partial charge in [0.2, 0.25) is 0 Å². The number of imidazole rings is 1. The molecule has 3 heterocycles. The van der Waals surface area contributed by atoms with Crippen LogP contribution in [0.1, 0.15) is 43.1 Å². The lowest BCUT2D eigenvalue weighted by Gasteiger charge is -2.38. The summed E-state index contributed by atoms with van der Waals surface area (Å²) in [7, 11) is 0. The van der Waals surface area contributed by atoms with Gasteiger partial charge in [0.15, 0.2) is 0 Å². The molecule has 2 saturated heterocycles. The van der Waals surface area contributed by atoms with Crippen LogP contribution in [0.2, 0.25) is 0 Å². The van der Waals surface area contributed by atoms with Crippen molar-refractivity contribution in [2.24, 2.45) is 5.92 Å². The van der Waals surface area contributed by atoms with Gasteiger partial charge in [-0.15, -0.1) is 0 Å². The number of halogens is 1. The molecule has 146 valence electrons. The van der Waals surface area contributed by atoms with Crippen LogP contribution in [-0.2, 0) is 6.54 Å². The van der Waals surface area contributed by atoms with Crippen molar-refractivity contribution in [2.75, 3.05) is 19.6 Å². The van der Waals surface area contributed by atoms with Crippen LogP contribution in [0.25, 0.3) is 0 Å². The van der Waals surface area contributed by atoms with E-state index in [9.17, 15) is 4.39 Å². The Morgan fingerprint density at radius 3 is 2.85 bits per heavy atom. The van der Waals surface area contributed by atoms with Crippen LogP contribution in [0.3, 0.4) is 0 Å². The number of nitrogens with one attached hydrogen (secondary N) is 2. The molecule has 0 radical (unpaired) electrons. The number of hydrogen-bond acceptors (Lipinski definition) is 4. The van der Waals surface area contributed by atoms with E-state index in [1.165, 1.54) is 32.2 Å². The Morgan fingerprint density at radius 2 is 2.07 bits per heavy atom. The minimum atomic E-state index is -0.174. The summed E-state index contributed by atoms with van der Waals surface area (Å²) >= 11 is 0. The van der Waals surface area contributed by atoms with E-state index in [-0.39, 0.29) is 11.9 Å². The van der Waals surface area contributed by atoms with Crippen molar-refractivity contribution >= 4 is 0 Å². The predicted molar refractivity (Wildman–Crippen MR) is 105 cm³/mol. The summed E-state index contributed by atoms with van der Waals surface area (Å²) in [6.07, 6.45) is 9.03. The Bertz CT molecular complexity index is 728. The van der Waals surface area contributed by atoms with Gasteiger partial charge in [-0.3, -0.25) is 10.3 Å². The van der Waals surface area contributed by atoms with Gasteiger partial charge in [0.05, 0.1) is 6.04 Å². The number of hydrogen-bond donors (Lipinski definition) is 2. The van der Waals surface area contributed by atoms with E-state index in [4.69, 9.17) is 0 Å². The molecule has 5 nitrogen and oxygen atoms in total. The minimum Gasteiger partial charge on any atom is -0.335 e. The second kappa shape index (κ2) is 8.50. The molecule has 2 N–H and O–H groups in total. The van der Waals surface area contributed by atoms with Crippen molar-refractivity contribution in [3.05, 3.63) is 53.9 Å². The smallest absolute Gasteiger partial charge is 0.123 e. The largest absolute Gasteiger partial charge is 0.335 e. The van der Waals surface area contributed by atoms with E-state index in [0.717, 1.165) is 31.0 Å². The van der Waals surface area contributed by atoms with Gasteiger partial charge in [-0.1, -0.05) is 18.6 Å². The topological polar surface area (TPSA) is 45.1 Å². The zero-order valence-electron chi connectivity index (χ0n) is 16.1. The quantitative estimate of drug-likeness (QED) is 0.819. The van der Waals surface area contributed by atoms with Crippen molar-refractivity contribution in [3.8, 4) is 0 Å². The van der Waals surface area contributed by atoms with Gasteiger partial charge >= 0.3 is 0 Å². The highest BCUT2D eigenvalue weighted by molar-refractivity contribution is 5.21. The molecule has 3 atom stereocenters. The fraction of sp³-hybridized carbons (Fsp3) is 0.571. The van der Waals surface area contributed by atoms with E-state index >= 15 is 0 Å². The molecule has 27 heavy (non-hydrogen) atoms. The molecule has 2 aliphatic rings. The van der Waals surface area contributed by atoms with Crippen LogP contribution in [0.15, 0.2) is 36.7 Å². The second-order valence-electron chi connectivity index (χ2n) is 7.92. The van der Waals surface area contributed by atoms with Crippen molar-refractivity contribution < 1.29 is 4.39 Å². The average molecular weight is 372 g/mol. The molecule has 0 aliphatic carbocycles. The van der Waals surface area contributed by atoms with Gasteiger partial charge in [0, 0.05) is 44.0 Å². The lowest BCUT2D eigenvalue weighted by molar-refractivity contribution is 0.113. The molecule has 0 bridgehead atoms. The van der Waals surface area contributed by atoms with Crippen molar-refractivity contribution in [1.82, 2.24) is 25.3 Å². The Balaban J connectivity index is 1.39. The monoisotopic (exact) mass is 371 g/mol. The molecule has 1 aromatic heterocycles. The number of aryl methyl sites for hydroxylation is 2. The fourth-order valence-electron chi connectivity index (χ4n) is 4.59. The zero-order chi connectivity index (χ0) is 18.6. The number of hydrazine groups is 1. The number of nitrogens with zero attached hydrogens (tertiary/aromatic N) is 3. The van der Waals surface area contributed by atoms with E-state index in [0.29, 0.717) is 12.0 Å². The third-order valence-electron chi connectivity index (χ3n) is 6.17. The van der Waals surface area contributed by atoms with Crippen LogP contribution in [0, 0.1) is 18.7 Å². The Morgan fingerprint density at radius 1 is 1.22 bits per heavy atom. The highest BCUT2D eigenvalue weighted by Gasteiger charge is 2.32. The maximum Gasteiger partial charge on any atom is 0.123 e. The van der Waals surface area contributed by atoms with Crippen molar-refractivity contribution in [1.29, 1.82) is 0 Å². The summed E-state index contributed by atoms with van der Waals surface area (Å²) in [6.45, 7) is 6.32. The van der Waals surface area contributed by atoms with Crippen LogP contribution in [0.5, 0.6) is 0 Å². The third kappa shape index (κ3) is 4.39. The molecule has 0 saturated carbocycles. The maximum absolute atomic E-state index is 13.3. The lowest BCUT2D eigenvalue weighted by atomic mass is 9.91. The van der Waals surface area contributed by atoms with Crippen LogP contribution >= 0.6 is 0 Å². The first-order chi connectivity index (χ1) is 13.2. The van der Waals surface area contributed by atoms with Gasteiger partial charge in [-0.25, -0.2) is 14.8 Å². The molecule has 3 unspecified atom stereocenters. The highest BCUT2D eigenvalue weighted by Crippen LogP contribution is 2.29. The maximum atomic E-state index is 13.3. The molecule has 1 aromatic carbocycles. The summed E-state index contributed by atoms with van der Waals surface area (Å²) in [6, 6.07) is 7.80. The Kier molecular flexibility index (Phi) is 5.86. The normalized spacial score (nSPS) is 26.5. The van der Waals surface area contributed by atoms with E-state index < -0.39 is 0 Å². The van der Waals surface area contributed by atoms with Crippen molar-refractivity contribution in [2.45, 2.75) is 51.2 Å². The van der Waals surface area contributed by atoms with Gasteiger partial charge in [-0.05, 0) is 50.4 Å². The molecule has 2 fully saturated rings. The minimum absolute atomic E-state index is 0.174. The van der Waals surface area contributed by atoms with E-state index in [1.807, 2.05) is 18.3 Å². The van der Waals surface area contributed by atoms with E-state index in [1.54, 1.807) is 12.1 Å². The number of piperidine rings is 1. The summed E-state index contributed by atoms with van der Waals surface area (Å²) in [5, 5.41) is 0. The average Bonchev–Trinajstić information content (AvgIpc) is 3.31. The first kappa shape index (κ1) is 18.6. The number of benzene rings is 1. The zero-order valence-corrected chi connectivity index (χ0v) is 16.1. The van der Waals surface area contributed by atoms with Crippen LogP contribution < -0.4 is 10.9 Å². The fourth-order valence-corrected chi connectivity index (χ4v) is 4.59. The van der Waals surface area contributed by atoms with Gasteiger partial charge in [0.25, 0.3) is 0 Å². The molecular weight excluding hydrogens is 341 g/mol. The van der Waals surface area contributed by atoms with Crippen LogP contribution in [-0.4, -0.2) is 40.1 Å². The first-order valence-corrected chi connectivity index (χ1v) is 10.2. The summed E-state index contributed by atoms with van der Waals surface area (Å²) < 4.78 is 15.5. The summed E-state index contributed by atoms with van der Waals surface area (Å²) in [5.41, 5.74) is 7.88. The molecule has 2 aromatic rings. The number of aromatic nitrogens is 2. The predicted octanol–water partition coefficient (Wildman–Crippen LogP) is 3.04. The molecule has 0 spiro atoms. The standard InChI is InChI=1S/C21H30FN5/c1-16-23-10-13-26(16)12-9-20-4-2-3-11-27(20)15-18-14-24-25-21(18)17-5-7-19(22)8-6-17/h5-8,10,13,18,20-21,24-25H,2-4,9,11-12,14-15H2,1H3. The lowest BCUT2D eigenvalue weighted by Crippen LogP contribution is -2.44. The van der Waals surface area contributed by atoms with Gasteiger partial charge < -0.3 is 4.57 Å². The first-order valence-electron chi connectivity index (χ1n) is 10.2. The molecule has 4 rings (SSSR count). The third-order valence-corrected chi connectivity index (χ3v) is 6.17. The molecule has 2 aliphatic heterocycles. The molecular formula is C21H30FN5. The summed E-state index contributed by atoms with van der Waals surface area (Å²) in [4.78, 5) is 7.02. The van der Waals surface area contributed by atoms with Crippen LogP contribution in [0.4, 0.5) is 4.39 Å². The number of rotatable bonds is 6. The Labute approximate surface area is 160 Å². The highest BCUT2D eigenvalue weighted by atomic mass is 19.1. The second-order valence-corrected chi connectivity index (χ2v) is 7.92. The van der Waals surface area contributed by atoms with Crippen molar-refractivity contribution in [3.63, 3.8) is 0 Å². The number of likely N-dealkylation sites (tertiary alicyclic amines) is 1. The molecule has 0 amide bonds. The Hall–Kier alpha value is -1.76. The van der Waals surface area contributed by atoms with E-state index in [2.05, 4.69) is 38.4 Å². The summed E-state index contributed by atoms with van der Waals surface area (Å²) in [5.74, 6) is 1.41. The van der Waals surface area contributed by atoms with Gasteiger partial charge in [-0.2, -0.15) is 0 Å².